The molecule has 0 unspecified atom stereocenters. The molecule has 0 spiro atoms. The van der Waals surface area contributed by atoms with Crippen LogP contribution in [0.3, 0.4) is 0 Å². The van der Waals surface area contributed by atoms with Crippen molar-refractivity contribution < 1.29 is 37.1 Å². The van der Waals surface area contributed by atoms with Crippen molar-refractivity contribution in [1.82, 2.24) is 25.2 Å². The molecule has 2 aromatic rings. The van der Waals surface area contributed by atoms with Crippen LogP contribution in [0.4, 0.5) is 0 Å². The Kier molecular flexibility index (Phi) is 8.98. The second-order valence-corrected chi connectivity index (χ2v) is 15.3. The Morgan fingerprint density at radius 3 is 2.49 bits per heavy atom. The van der Waals surface area contributed by atoms with Gasteiger partial charge in [0.15, 0.2) is 11.5 Å². The predicted octanol–water partition coefficient (Wildman–Crippen LogP) is 2.52. The molecule has 4 N–H and O–H groups in total. The van der Waals surface area contributed by atoms with Gasteiger partial charge in [-0.3, -0.25) is 23.9 Å². The number of allylic oxidation sites excluding steroid dienone is 1. The van der Waals surface area contributed by atoms with Gasteiger partial charge >= 0.3 is 0 Å². The number of ether oxygens (including phenoxy) is 2. The number of hydrogen-bond donors (Lipinski definition) is 4. The molecular weight excluding hydrogens is 626 g/mol. The van der Waals surface area contributed by atoms with Crippen LogP contribution >= 0.6 is 0 Å². The summed E-state index contributed by atoms with van der Waals surface area (Å²) in [7, 11) is -0.775. The first-order valence-electron chi connectivity index (χ1n) is 16.4. The smallest absolute Gasteiger partial charge is 0.268 e. The average molecular weight is 670 g/mol. The largest absolute Gasteiger partial charge is 0.493 e. The fraction of sp³-hybridized carbons (Fsp3) is 0.576. The van der Waals surface area contributed by atoms with Gasteiger partial charge in [-0.25, -0.2) is 8.42 Å². The van der Waals surface area contributed by atoms with Crippen molar-refractivity contribution in [3.63, 3.8) is 0 Å². The van der Waals surface area contributed by atoms with Crippen LogP contribution in [0, 0.1) is 11.8 Å². The van der Waals surface area contributed by atoms with Gasteiger partial charge in [0.05, 0.1) is 19.5 Å². The van der Waals surface area contributed by atoms with E-state index in [0.717, 1.165) is 31.1 Å². The molecule has 1 aromatic carbocycles. The number of nitrogens with zero attached hydrogens (tertiary/aromatic N) is 1. The number of aromatic nitrogens is 1. The van der Waals surface area contributed by atoms with Crippen LogP contribution in [0.15, 0.2) is 30.4 Å². The second-order valence-electron chi connectivity index (χ2n) is 13.3. The zero-order chi connectivity index (χ0) is 33.5. The first-order valence-corrected chi connectivity index (χ1v) is 17.9. The maximum absolute atomic E-state index is 14.0. The third kappa shape index (κ3) is 6.69. The third-order valence-corrected chi connectivity index (χ3v) is 11.7. The van der Waals surface area contributed by atoms with E-state index in [2.05, 4.69) is 20.3 Å². The van der Waals surface area contributed by atoms with Crippen LogP contribution in [0.5, 0.6) is 11.5 Å². The summed E-state index contributed by atoms with van der Waals surface area (Å²) in [5, 5.41) is 6.00. The zero-order valence-electron chi connectivity index (χ0n) is 27.0. The van der Waals surface area contributed by atoms with Crippen molar-refractivity contribution in [2.24, 2.45) is 11.8 Å². The number of amides is 4. The molecule has 3 fully saturated rings. The topological polar surface area (TPSA) is 176 Å². The monoisotopic (exact) mass is 669 g/mol. The zero-order valence-corrected chi connectivity index (χ0v) is 27.8. The van der Waals surface area contributed by atoms with Gasteiger partial charge in [-0.15, -0.1) is 0 Å². The van der Waals surface area contributed by atoms with E-state index in [1.54, 1.807) is 18.2 Å². The number of fused-ring (bicyclic) bond motifs is 3. The third-order valence-electron chi connectivity index (χ3n) is 9.85. The first kappa shape index (κ1) is 32.9. The highest BCUT2D eigenvalue weighted by Crippen LogP contribution is 2.46. The van der Waals surface area contributed by atoms with Gasteiger partial charge < -0.3 is 30.0 Å². The Bertz CT molecular complexity index is 1680. The minimum atomic E-state index is -3.83. The van der Waals surface area contributed by atoms with Gasteiger partial charge in [0, 0.05) is 41.4 Å². The van der Waals surface area contributed by atoms with E-state index in [4.69, 9.17) is 9.47 Å². The number of methoxy groups -OCH3 is 2. The summed E-state index contributed by atoms with van der Waals surface area (Å²) in [6.07, 6.45) is 9.42. The molecule has 6 rings (SSSR count). The molecule has 2 aliphatic heterocycles. The Labute approximate surface area is 274 Å². The lowest BCUT2D eigenvalue weighted by Crippen LogP contribution is -2.57. The summed E-state index contributed by atoms with van der Waals surface area (Å²) < 4.78 is 38.3. The van der Waals surface area contributed by atoms with Gasteiger partial charge in [0.2, 0.25) is 21.8 Å². The van der Waals surface area contributed by atoms with Crippen LogP contribution in [-0.2, 0) is 24.4 Å². The number of sulfonamides is 1. The van der Waals surface area contributed by atoms with Crippen molar-refractivity contribution >= 4 is 44.6 Å². The highest BCUT2D eigenvalue weighted by Gasteiger charge is 2.62. The molecule has 0 radical (unpaired) electrons. The maximum atomic E-state index is 14.0. The van der Waals surface area contributed by atoms with Gasteiger partial charge in [0.1, 0.15) is 17.3 Å². The standard InChI is InChI=1S/C33H43N5O8S/c1-19-9-7-5-4-6-8-10-21-17-33(21,32(42)37-47(43,44)23-11-12-23)36-30(40)26-15-22(18-38(26)31(19)41)34-29(39)25-13-20-14-27(45-2)28(46-3)16-24(20)35-25/h8,10,13-14,16,19,21-23,26,35H,4-7,9,11-12,15,17-18H2,1-3H3,(H,34,39)(H,36,40)(H,37,42)/b10-8-/t19-,21+,22+,26-,33+/m0/s1. The summed E-state index contributed by atoms with van der Waals surface area (Å²) in [5.74, 6) is -1.57. The Morgan fingerprint density at radius 1 is 1.02 bits per heavy atom. The summed E-state index contributed by atoms with van der Waals surface area (Å²) in [6.45, 7) is 1.97. The lowest BCUT2D eigenvalue weighted by atomic mass is 10.0. The van der Waals surface area contributed by atoms with E-state index in [-0.39, 0.29) is 37.1 Å². The number of aromatic amines is 1. The van der Waals surface area contributed by atoms with E-state index in [9.17, 15) is 27.6 Å². The fourth-order valence-electron chi connectivity index (χ4n) is 6.80. The van der Waals surface area contributed by atoms with E-state index in [1.807, 2.05) is 19.1 Å². The number of H-pyrrole nitrogens is 1. The van der Waals surface area contributed by atoms with Crippen molar-refractivity contribution in [1.29, 1.82) is 0 Å². The Hall–Kier alpha value is -4.07. The normalized spacial score (nSPS) is 29.0. The molecule has 47 heavy (non-hydrogen) atoms. The molecule has 14 heteroatoms. The average Bonchev–Trinajstić information content (AvgIpc) is 3.93. The summed E-state index contributed by atoms with van der Waals surface area (Å²) in [4.78, 5) is 59.3. The Balaban J connectivity index is 1.23. The number of hydrogen-bond acceptors (Lipinski definition) is 8. The van der Waals surface area contributed by atoms with E-state index >= 15 is 0 Å². The fourth-order valence-corrected chi connectivity index (χ4v) is 8.16. The molecule has 5 atom stereocenters. The highest BCUT2D eigenvalue weighted by molar-refractivity contribution is 7.91. The van der Waals surface area contributed by atoms with Crippen molar-refractivity contribution in [2.75, 3.05) is 20.8 Å². The number of benzene rings is 1. The van der Waals surface area contributed by atoms with Crippen molar-refractivity contribution in [3.8, 4) is 11.5 Å². The molecule has 2 aliphatic carbocycles. The number of rotatable bonds is 7. The quantitative estimate of drug-likeness (QED) is 0.325. The van der Waals surface area contributed by atoms with Gasteiger partial charge in [-0.2, -0.15) is 0 Å². The maximum Gasteiger partial charge on any atom is 0.268 e. The van der Waals surface area contributed by atoms with Crippen LogP contribution in [0.1, 0.15) is 75.2 Å². The summed E-state index contributed by atoms with van der Waals surface area (Å²) in [5.41, 5.74) is -0.455. The summed E-state index contributed by atoms with van der Waals surface area (Å²) >= 11 is 0. The molecule has 3 heterocycles. The molecule has 13 nitrogen and oxygen atoms in total. The van der Waals surface area contributed by atoms with Crippen LogP contribution in [-0.4, -0.2) is 85.6 Å². The van der Waals surface area contributed by atoms with Gasteiger partial charge in [0.25, 0.3) is 11.8 Å². The minimum Gasteiger partial charge on any atom is -0.493 e. The SMILES string of the molecule is COc1cc2cc(C(=O)N[C@@H]3C[C@H]4C(=O)N[C@]5(C(=O)NS(=O)(=O)C6CC6)C[C@H]5/C=C\CCCCC[C@H](C)C(=O)N4C3)[nH]c2cc1OC. The molecule has 4 aliphatic rings. The van der Waals surface area contributed by atoms with Crippen LogP contribution in [0.2, 0.25) is 0 Å². The molecule has 1 aromatic heterocycles. The summed E-state index contributed by atoms with van der Waals surface area (Å²) in [6, 6.07) is 3.70. The van der Waals surface area contributed by atoms with Gasteiger partial charge in [-0.1, -0.05) is 31.9 Å². The van der Waals surface area contributed by atoms with E-state index < -0.39 is 50.6 Å². The Morgan fingerprint density at radius 2 is 1.77 bits per heavy atom. The lowest BCUT2D eigenvalue weighted by molar-refractivity contribution is -0.142. The molecule has 254 valence electrons. The number of nitrogens with one attached hydrogen (secondary N) is 4. The lowest BCUT2D eigenvalue weighted by Gasteiger charge is -2.28. The first-order chi connectivity index (χ1) is 22.5. The highest BCUT2D eigenvalue weighted by atomic mass is 32.2. The number of carbonyl (C=O) groups is 4. The molecule has 0 bridgehead atoms. The predicted molar refractivity (Wildman–Crippen MR) is 173 cm³/mol. The van der Waals surface area contributed by atoms with Crippen molar-refractivity contribution in [2.45, 2.75) is 87.6 Å². The van der Waals surface area contributed by atoms with Crippen LogP contribution < -0.4 is 24.8 Å². The van der Waals surface area contributed by atoms with E-state index in [0.29, 0.717) is 42.0 Å². The molecule has 2 saturated carbocycles. The van der Waals surface area contributed by atoms with Crippen molar-refractivity contribution in [3.05, 3.63) is 36.0 Å². The minimum absolute atomic E-state index is 0.119. The molecular formula is C33H43N5O8S. The van der Waals surface area contributed by atoms with Crippen LogP contribution in [0.25, 0.3) is 10.9 Å². The molecule has 4 amide bonds. The number of carbonyl (C=O) groups excluding carboxylic acids is 4. The molecule has 1 saturated heterocycles. The van der Waals surface area contributed by atoms with E-state index in [1.165, 1.54) is 19.1 Å². The second kappa shape index (κ2) is 12.9. The van der Waals surface area contributed by atoms with Gasteiger partial charge in [-0.05, 0) is 57.1 Å².